The Morgan fingerprint density at radius 2 is 1.84 bits per heavy atom. The van der Waals surface area contributed by atoms with Gasteiger partial charge in [-0.1, -0.05) is 6.42 Å². The van der Waals surface area contributed by atoms with E-state index in [1.165, 1.54) is 12.1 Å². The number of nitrogens with zero attached hydrogens (tertiary/aromatic N) is 2. The SMILES string of the molecule is CC1CCCCN1S(=O)(=O)c1ccc(C(=O)NCCCN2CCCC(C(N)=O)C2)cc1. The summed E-state index contributed by atoms with van der Waals surface area (Å²) in [5.74, 6) is -0.534. The van der Waals surface area contributed by atoms with Gasteiger partial charge in [0.2, 0.25) is 15.9 Å². The van der Waals surface area contributed by atoms with E-state index in [0.29, 0.717) is 25.2 Å². The quantitative estimate of drug-likeness (QED) is 0.584. The smallest absolute Gasteiger partial charge is 0.251 e. The maximum absolute atomic E-state index is 12.9. The molecule has 8 nitrogen and oxygen atoms in total. The molecule has 2 atom stereocenters. The van der Waals surface area contributed by atoms with E-state index in [-0.39, 0.29) is 28.7 Å². The summed E-state index contributed by atoms with van der Waals surface area (Å²) in [5, 5.41) is 2.88. The number of likely N-dealkylation sites (tertiary alicyclic amines) is 1. The Bertz CT molecular complexity index is 872. The first kappa shape index (κ1) is 23.7. The summed E-state index contributed by atoms with van der Waals surface area (Å²) >= 11 is 0. The molecule has 9 heteroatoms. The van der Waals surface area contributed by atoms with Crippen LogP contribution >= 0.6 is 0 Å². The van der Waals surface area contributed by atoms with Gasteiger partial charge in [-0.25, -0.2) is 8.42 Å². The van der Waals surface area contributed by atoms with E-state index in [2.05, 4.69) is 10.2 Å². The van der Waals surface area contributed by atoms with E-state index in [4.69, 9.17) is 5.73 Å². The minimum absolute atomic E-state index is 0.000110. The molecule has 0 aromatic heterocycles. The molecular formula is C22H34N4O4S. The summed E-state index contributed by atoms with van der Waals surface area (Å²) < 4.78 is 27.4. The molecule has 3 N–H and O–H groups in total. The van der Waals surface area contributed by atoms with Gasteiger partial charge < -0.3 is 16.0 Å². The van der Waals surface area contributed by atoms with E-state index in [1.807, 2.05) is 6.92 Å². The Kier molecular flexibility index (Phi) is 8.07. The molecule has 0 saturated carbocycles. The van der Waals surface area contributed by atoms with E-state index < -0.39 is 10.0 Å². The number of sulfonamides is 1. The zero-order chi connectivity index (χ0) is 22.4. The Labute approximate surface area is 185 Å². The van der Waals surface area contributed by atoms with Crippen LogP contribution in [0.5, 0.6) is 0 Å². The summed E-state index contributed by atoms with van der Waals surface area (Å²) in [6.07, 6.45) is 5.40. The monoisotopic (exact) mass is 450 g/mol. The number of primary amides is 1. The number of nitrogens with one attached hydrogen (secondary N) is 1. The van der Waals surface area contributed by atoms with Gasteiger partial charge in [-0.15, -0.1) is 0 Å². The largest absolute Gasteiger partial charge is 0.369 e. The number of carbonyl (C=O) groups excluding carboxylic acids is 2. The molecule has 0 bridgehead atoms. The van der Waals surface area contributed by atoms with Crippen LogP contribution in [0.4, 0.5) is 0 Å². The van der Waals surface area contributed by atoms with E-state index in [0.717, 1.165) is 51.6 Å². The molecule has 1 aromatic carbocycles. The van der Waals surface area contributed by atoms with E-state index >= 15 is 0 Å². The van der Waals surface area contributed by atoms with Gasteiger partial charge in [0, 0.05) is 31.2 Å². The third-order valence-corrected chi connectivity index (χ3v) is 8.34. The number of rotatable bonds is 8. The summed E-state index contributed by atoms with van der Waals surface area (Å²) in [4.78, 5) is 26.2. The predicted octanol–water partition coefficient (Wildman–Crippen LogP) is 1.57. The fraction of sp³-hybridized carbons (Fsp3) is 0.636. The van der Waals surface area contributed by atoms with Gasteiger partial charge >= 0.3 is 0 Å². The molecule has 31 heavy (non-hydrogen) atoms. The minimum Gasteiger partial charge on any atom is -0.369 e. The van der Waals surface area contributed by atoms with Crippen molar-refractivity contribution in [1.82, 2.24) is 14.5 Å². The van der Waals surface area contributed by atoms with Crippen molar-refractivity contribution in [2.45, 2.75) is 56.4 Å². The van der Waals surface area contributed by atoms with E-state index in [9.17, 15) is 18.0 Å². The van der Waals surface area contributed by atoms with Crippen molar-refractivity contribution >= 4 is 21.8 Å². The van der Waals surface area contributed by atoms with Gasteiger partial charge in [0.1, 0.15) is 0 Å². The molecule has 172 valence electrons. The topological polar surface area (TPSA) is 113 Å². The molecule has 2 amide bonds. The normalized spacial score (nSPS) is 23.4. The lowest BCUT2D eigenvalue weighted by Crippen LogP contribution is -2.42. The molecule has 2 saturated heterocycles. The molecule has 3 rings (SSSR count). The number of carbonyl (C=O) groups is 2. The maximum Gasteiger partial charge on any atom is 0.251 e. The van der Waals surface area contributed by atoms with Gasteiger partial charge in [-0.2, -0.15) is 4.31 Å². The highest BCUT2D eigenvalue weighted by Crippen LogP contribution is 2.25. The number of piperidine rings is 2. The maximum atomic E-state index is 12.9. The van der Waals surface area contributed by atoms with Gasteiger partial charge in [-0.05, 0) is 76.4 Å². The first-order valence-corrected chi connectivity index (χ1v) is 12.6. The average molecular weight is 451 g/mol. The van der Waals surface area contributed by atoms with Gasteiger partial charge in [0.15, 0.2) is 0 Å². The van der Waals surface area contributed by atoms with Crippen LogP contribution in [-0.4, -0.2) is 68.2 Å². The molecule has 2 aliphatic heterocycles. The number of hydrogen-bond acceptors (Lipinski definition) is 5. The van der Waals surface area contributed by atoms with Crippen LogP contribution in [0.15, 0.2) is 29.2 Å². The van der Waals surface area contributed by atoms with Gasteiger partial charge in [-0.3, -0.25) is 9.59 Å². The fourth-order valence-electron chi connectivity index (χ4n) is 4.44. The van der Waals surface area contributed by atoms with Crippen LogP contribution in [0.2, 0.25) is 0 Å². The second kappa shape index (κ2) is 10.6. The first-order chi connectivity index (χ1) is 14.8. The number of hydrogen-bond donors (Lipinski definition) is 2. The molecule has 2 aliphatic rings. The summed E-state index contributed by atoms with van der Waals surface area (Å²) in [6, 6.07) is 6.17. The third-order valence-electron chi connectivity index (χ3n) is 6.31. The minimum atomic E-state index is -3.53. The highest BCUT2D eigenvalue weighted by atomic mass is 32.2. The highest BCUT2D eigenvalue weighted by molar-refractivity contribution is 7.89. The molecule has 2 fully saturated rings. The van der Waals surface area contributed by atoms with Crippen molar-refractivity contribution in [2.75, 3.05) is 32.7 Å². The first-order valence-electron chi connectivity index (χ1n) is 11.2. The molecule has 2 heterocycles. The van der Waals surface area contributed by atoms with Crippen LogP contribution < -0.4 is 11.1 Å². The average Bonchev–Trinajstić information content (AvgIpc) is 2.77. The number of benzene rings is 1. The van der Waals surface area contributed by atoms with Crippen molar-refractivity contribution in [2.24, 2.45) is 11.7 Å². The van der Waals surface area contributed by atoms with Crippen LogP contribution in [-0.2, 0) is 14.8 Å². The Morgan fingerprint density at radius 1 is 1.10 bits per heavy atom. The number of amides is 2. The van der Waals surface area contributed by atoms with Gasteiger partial charge in [0.25, 0.3) is 5.91 Å². The lowest BCUT2D eigenvalue weighted by Gasteiger charge is -2.32. The molecule has 1 aromatic rings. The van der Waals surface area contributed by atoms with Crippen molar-refractivity contribution in [3.05, 3.63) is 29.8 Å². The molecule has 0 aliphatic carbocycles. The third kappa shape index (κ3) is 6.05. The molecule has 2 unspecified atom stereocenters. The van der Waals surface area contributed by atoms with Crippen molar-refractivity contribution in [3.8, 4) is 0 Å². The summed E-state index contributed by atoms with van der Waals surface area (Å²) in [5.41, 5.74) is 5.85. The summed E-state index contributed by atoms with van der Waals surface area (Å²) in [7, 11) is -3.53. The fourth-order valence-corrected chi connectivity index (χ4v) is 6.14. The molecule has 0 spiro atoms. The van der Waals surface area contributed by atoms with E-state index in [1.54, 1.807) is 16.4 Å². The molecular weight excluding hydrogens is 416 g/mol. The van der Waals surface area contributed by atoms with Crippen LogP contribution in [0.3, 0.4) is 0 Å². The lowest BCUT2D eigenvalue weighted by molar-refractivity contribution is -0.123. The Morgan fingerprint density at radius 3 is 2.52 bits per heavy atom. The van der Waals surface area contributed by atoms with Crippen LogP contribution in [0.1, 0.15) is 55.8 Å². The molecule has 0 radical (unpaired) electrons. The zero-order valence-electron chi connectivity index (χ0n) is 18.3. The van der Waals surface area contributed by atoms with Gasteiger partial charge in [0.05, 0.1) is 10.8 Å². The van der Waals surface area contributed by atoms with Crippen LogP contribution in [0.25, 0.3) is 0 Å². The second-order valence-corrected chi connectivity index (χ2v) is 10.5. The second-order valence-electron chi connectivity index (χ2n) is 8.64. The number of nitrogens with two attached hydrogens (primary N) is 1. The lowest BCUT2D eigenvalue weighted by atomic mass is 9.97. The Hall–Kier alpha value is -1.97. The van der Waals surface area contributed by atoms with Crippen molar-refractivity contribution < 1.29 is 18.0 Å². The van der Waals surface area contributed by atoms with Crippen molar-refractivity contribution in [1.29, 1.82) is 0 Å². The Balaban J connectivity index is 1.47. The summed E-state index contributed by atoms with van der Waals surface area (Å²) in [6.45, 7) is 5.44. The predicted molar refractivity (Wildman–Crippen MR) is 119 cm³/mol. The van der Waals surface area contributed by atoms with Crippen molar-refractivity contribution in [3.63, 3.8) is 0 Å². The van der Waals surface area contributed by atoms with Crippen LogP contribution in [0, 0.1) is 5.92 Å². The highest BCUT2D eigenvalue weighted by Gasteiger charge is 2.31. The zero-order valence-corrected chi connectivity index (χ0v) is 19.1. The standard InChI is InChI=1S/C22H34N4O4S/c1-17-6-2-3-15-26(17)31(29,30)20-10-8-18(9-11-20)22(28)24-12-5-14-25-13-4-7-19(16-25)21(23)27/h8-11,17,19H,2-7,12-16H2,1H3,(H2,23,27)(H,24,28).